The fourth-order valence-electron chi connectivity index (χ4n) is 1.68. The van der Waals surface area contributed by atoms with Crippen LogP contribution in [0.5, 0.6) is 5.75 Å². The Morgan fingerprint density at radius 2 is 2.20 bits per heavy atom. The molecule has 1 heterocycles. The molecule has 20 heavy (non-hydrogen) atoms. The van der Waals surface area contributed by atoms with Gasteiger partial charge in [0, 0.05) is 20.2 Å². The summed E-state index contributed by atoms with van der Waals surface area (Å²) in [6, 6.07) is 3.95. The standard InChI is InChI=1S/C12H11N3O4S/c1-13-12-14(2)11(17)10(20-12)6-7-3-4-9(16)8(5-7)15(18)19/h3-6,16H,1-2H3/b10-6-,13-12?. The maximum absolute atomic E-state index is 11.9. The Balaban J connectivity index is 2.39. The highest BCUT2D eigenvalue weighted by Crippen LogP contribution is 2.33. The van der Waals surface area contributed by atoms with Gasteiger partial charge in [0.05, 0.1) is 9.83 Å². The highest BCUT2D eigenvalue weighted by atomic mass is 32.2. The van der Waals surface area contributed by atoms with Gasteiger partial charge >= 0.3 is 5.69 Å². The van der Waals surface area contributed by atoms with E-state index in [0.29, 0.717) is 15.6 Å². The van der Waals surface area contributed by atoms with E-state index in [1.165, 1.54) is 40.9 Å². The van der Waals surface area contributed by atoms with Crippen molar-refractivity contribution in [3.8, 4) is 5.75 Å². The van der Waals surface area contributed by atoms with Gasteiger partial charge < -0.3 is 5.11 Å². The average molecular weight is 293 g/mol. The van der Waals surface area contributed by atoms with Crippen LogP contribution in [0.1, 0.15) is 5.56 Å². The third kappa shape index (κ3) is 2.50. The normalized spacial score (nSPS) is 19.1. The van der Waals surface area contributed by atoms with Crippen molar-refractivity contribution in [1.82, 2.24) is 4.90 Å². The van der Waals surface area contributed by atoms with E-state index in [2.05, 4.69) is 4.99 Å². The molecule has 0 atom stereocenters. The molecule has 0 aromatic heterocycles. The molecule has 1 aromatic carbocycles. The summed E-state index contributed by atoms with van der Waals surface area (Å²) in [5.74, 6) is -0.623. The highest BCUT2D eigenvalue weighted by molar-refractivity contribution is 8.18. The van der Waals surface area contributed by atoms with E-state index in [0.717, 1.165) is 0 Å². The summed E-state index contributed by atoms with van der Waals surface area (Å²) >= 11 is 1.20. The number of aliphatic imine (C=N–C) groups is 1. The lowest BCUT2D eigenvalue weighted by molar-refractivity contribution is -0.385. The molecule has 8 heteroatoms. The monoisotopic (exact) mass is 293 g/mol. The average Bonchev–Trinajstić information content (AvgIpc) is 2.68. The largest absolute Gasteiger partial charge is 0.502 e. The quantitative estimate of drug-likeness (QED) is 0.510. The van der Waals surface area contributed by atoms with E-state index in [1.807, 2.05) is 0 Å². The van der Waals surface area contributed by atoms with Crippen molar-refractivity contribution in [1.29, 1.82) is 0 Å². The molecule has 1 saturated heterocycles. The van der Waals surface area contributed by atoms with Crippen LogP contribution in [0, 0.1) is 10.1 Å². The highest BCUT2D eigenvalue weighted by Gasteiger charge is 2.29. The Morgan fingerprint density at radius 1 is 1.50 bits per heavy atom. The maximum Gasteiger partial charge on any atom is 0.311 e. The molecule has 1 fully saturated rings. The van der Waals surface area contributed by atoms with E-state index in [4.69, 9.17) is 0 Å². The summed E-state index contributed by atoms with van der Waals surface area (Å²) in [6.45, 7) is 0. The molecule has 2 rings (SSSR count). The molecule has 104 valence electrons. The number of hydrogen-bond donors (Lipinski definition) is 1. The van der Waals surface area contributed by atoms with Crippen molar-refractivity contribution in [2.24, 2.45) is 4.99 Å². The van der Waals surface area contributed by atoms with Crippen molar-refractivity contribution in [3.05, 3.63) is 38.8 Å². The molecular weight excluding hydrogens is 282 g/mol. The molecule has 1 aromatic rings. The smallest absolute Gasteiger partial charge is 0.311 e. The van der Waals surface area contributed by atoms with Crippen LogP contribution in [0.2, 0.25) is 0 Å². The lowest BCUT2D eigenvalue weighted by Crippen LogP contribution is -2.23. The zero-order valence-electron chi connectivity index (χ0n) is 10.7. The van der Waals surface area contributed by atoms with Crippen LogP contribution < -0.4 is 0 Å². The van der Waals surface area contributed by atoms with Gasteiger partial charge in [0.2, 0.25) is 0 Å². The first-order chi connectivity index (χ1) is 9.43. The molecule has 0 unspecified atom stereocenters. The Morgan fingerprint density at radius 3 is 2.75 bits per heavy atom. The SMILES string of the molecule is CN=C1S/C(=C\c2ccc(O)c([N+](=O)[O-])c2)C(=O)N1C. The Kier molecular flexibility index (Phi) is 3.75. The van der Waals surface area contributed by atoms with Crippen LogP contribution in [0.15, 0.2) is 28.1 Å². The zero-order valence-corrected chi connectivity index (χ0v) is 11.5. The van der Waals surface area contributed by atoms with Crippen LogP contribution in [-0.4, -0.2) is 40.1 Å². The molecule has 1 aliphatic rings. The number of amidine groups is 1. The summed E-state index contributed by atoms with van der Waals surface area (Å²) in [6.07, 6.45) is 1.54. The molecule has 0 radical (unpaired) electrons. The Labute approximate surface area is 118 Å². The van der Waals surface area contributed by atoms with Gasteiger partial charge in [0.1, 0.15) is 0 Å². The van der Waals surface area contributed by atoms with Gasteiger partial charge in [-0.15, -0.1) is 0 Å². The number of phenolic OH excluding ortho intramolecular Hbond substituents is 1. The summed E-state index contributed by atoms with van der Waals surface area (Å²) in [7, 11) is 3.19. The molecular formula is C12H11N3O4S. The summed E-state index contributed by atoms with van der Waals surface area (Å²) < 4.78 is 0. The third-order valence-electron chi connectivity index (χ3n) is 2.69. The number of carbonyl (C=O) groups excluding carboxylic acids is 1. The maximum atomic E-state index is 11.9. The first-order valence-electron chi connectivity index (χ1n) is 5.56. The predicted octanol–water partition coefficient (Wildman–Crippen LogP) is 1.83. The molecule has 0 saturated carbocycles. The van der Waals surface area contributed by atoms with Gasteiger partial charge in [-0.3, -0.25) is 24.8 Å². The molecule has 0 bridgehead atoms. The number of rotatable bonds is 2. The van der Waals surface area contributed by atoms with Crippen molar-refractivity contribution < 1.29 is 14.8 Å². The second-order valence-electron chi connectivity index (χ2n) is 3.99. The number of benzene rings is 1. The van der Waals surface area contributed by atoms with Gasteiger partial charge in [-0.1, -0.05) is 6.07 Å². The number of nitro groups is 1. The van der Waals surface area contributed by atoms with Gasteiger partial charge in [0.25, 0.3) is 5.91 Å². The number of hydrogen-bond acceptors (Lipinski definition) is 6. The Hall–Kier alpha value is -2.35. The minimum absolute atomic E-state index is 0.216. The van der Waals surface area contributed by atoms with E-state index in [9.17, 15) is 20.0 Å². The number of nitrogens with zero attached hydrogens (tertiary/aromatic N) is 3. The number of aromatic hydroxyl groups is 1. The summed E-state index contributed by atoms with van der Waals surface area (Å²) in [4.78, 5) is 27.8. The molecule has 0 aliphatic carbocycles. The predicted molar refractivity (Wildman–Crippen MR) is 76.5 cm³/mol. The first-order valence-corrected chi connectivity index (χ1v) is 6.37. The third-order valence-corrected chi connectivity index (χ3v) is 3.84. The van der Waals surface area contributed by atoms with Crippen molar-refractivity contribution in [2.45, 2.75) is 0 Å². The first kappa shape index (κ1) is 14.1. The van der Waals surface area contributed by atoms with Crippen molar-refractivity contribution >= 4 is 34.6 Å². The van der Waals surface area contributed by atoms with Crippen LogP contribution in [0.4, 0.5) is 5.69 Å². The minimum atomic E-state index is -0.675. The van der Waals surface area contributed by atoms with Crippen LogP contribution >= 0.6 is 11.8 Å². The number of likely N-dealkylation sites (N-methyl/N-ethyl adjacent to an activating group) is 1. The van der Waals surface area contributed by atoms with E-state index >= 15 is 0 Å². The van der Waals surface area contributed by atoms with Crippen LogP contribution in [-0.2, 0) is 4.79 Å². The Bertz CT molecular complexity index is 654. The second-order valence-corrected chi connectivity index (χ2v) is 5.00. The van der Waals surface area contributed by atoms with E-state index in [1.54, 1.807) is 14.1 Å². The summed E-state index contributed by atoms with van der Waals surface area (Å²) in [5, 5.41) is 20.7. The fraction of sp³-hybridized carbons (Fsp3) is 0.167. The van der Waals surface area contributed by atoms with Crippen LogP contribution in [0.25, 0.3) is 6.08 Å². The second kappa shape index (κ2) is 5.33. The lowest BCUT2D eigenvalue weighted by Gasteiger charge is -2.05. The molecule has 7 nitrogen and oxygen atoms in total. The topological polar surface area (TPSA) is 96.0 Å². The molecule has 1 N–H and O–H groups in total. The number of phenols is 1. The number of nitro benzene ring substituents is 1. The molecule has 1 aliphatic heterocycles. The van der Waals surface area contributed by atoms with Crippen LogP contribution in [0.3, 0.4) is 0 Å². The number of thioether (sulfide) groups is 1. The number of amides is 1. The van der Waals surface area contributed by atoms with Gasteiger partial charge in [-0.2, -0.15) is 0 Å². The van der Waals surface area contributed by atoms with Gasteiger partial charge in [-0.25, -0.2) is 0 Å². The van der Waals surface area contributed by atoms with E-state index < -0.39 is 16.4 Å². The van der Waals surface area contributed by atoms with E-state index in [-0.39, 0.29) is 5.91 Å². The number of carbonyl (C=O) groups is 1. The zero-order chi connectivity index (χ0) is 14.9. The fourth-order valence-corrected chi connectivity index (χ4v) is 2.60. The van der Waals surface area contributed by atoms with Crippen molar-refractivity contribution in [2.75, 3.05) is 14.1 Å². The summed E-state index contributed by atoms with van der Waals surface area (Å²) in [5.41, 5.74) is 0.0728. The van der Waals surface area contributed by atoms with Crippen molar-refractivity contribution in [3.63, 3.8) is 0 Å². The molecule has 0 spiro atoms. The van der Waals surface area contributed by atoms with Gasteiger partial charge in [0.15, 0.2) is 10.9 Å². The molecule has 1 amide bonds. The minimum Gasteiger partial charge on any atom is -0.502 e. The van der Waals surface area contributed by atoms with Gasteiger partial charge in [-0.05, 0) is 29.5 Å². The lowest BCUT2D eigenvalue weighted by atomic mass is 10.1.